The first kappa shape index (κ1) is 15.6. The summed E-state index contributed by atoms with van der Waals surface area (Å²) in [4.78, 5) is 35.3. The highest BCUT2D eigenvalue weighted by molar-refractivity contribution is 5.84. The van der Waals surface area contributed by atoms with Gasteiger partial charge >= 0.3 is 6.18 Å². The predicted octanol–water partition coefficient (Wildman–Crippen LogP) is -0.208. The molecule has 0 aromatic carbocycles. The third-order valence-electron chi connectivity index (χ3n) is 3.74. The van der Waals surface area contributed by atoms with E-state index in [4.69, 9.17) is 0 Å². The Morgan fingerprint density at radius 1 is 1.33 bits per heavy atom. The second kappa shape index (κ2) is 5.19. The lowest BCUT2D eigenvalue weighted by Crippen LogP contribution is -2.46. The van der Waals surface area contributed by atoms with Crippen molar-refractivity contribution >= 4 is 17.7 Å². The molecule has 2 N–H and O–H groups in total. The first-order valence-corrected chi connectivity index (χ1v) is 6.51. The Hall–Kier alpha value is -1.80. The fourth-order valence-corrected chi connectivity index (χ4v) is 2.68. The molecular formula is C12H16F3N3O3. The van der Waals surface area contributed by atoms with E-state index in [0.717, 1.165) is 0 Å². The molecule has 2 fully saturated rings. The Morgan fingerprint density at radius 3 is 2.57 bits per heavy atom. The maximum atomic E-state index is 12.1. The molecule has 3 amide bonds. The number of hydrogen-bond acceptors (Lipinski definition) is 3. The van der Waals surface area contributed by atoms with E-state index in [1.54, 1.807) is 0 Å². The fourth-order valence-electron chi connectivity index (χ4n) is 2.68. The number of fused-ring (bicyclic) bond motifs is 1. The highest BCUT2D eigenvalue weighted by atomic mass is 19.4. The van der Waals surface area contributed by atoms with E-state index in [0.29, 0.717) is 13.0 Å². The van der Waals surface area contributed by atoms with E-state index in [1.165, 1.54) is 11.8 Å². The van der Waals surface area contributed by atoms with Crippen LogP contribution in [-0.2, 0) is 14.4 Å². The van der Waals surface area contributed by atoms with Crippen LogP contribution in [0, 0.1) is 5.92 Å². The summed E-state index contributed by atoms with van der Waals surface area (Å²) in [5.74, 6) is -1.71. The zero-order valence-electron chi connectivity index (χ0n) is 11.4. The molecule has 118 valence electrons. The number of amides is 3. The molecule has 1 saturated carbocycles. The molecule has 2 rings (SSSR count). The first-order chi connectivity index (χ1) is 9.61. The molecule has 6 nitrogen and oxygen atoms in total. The minimum absolute atomic E-state index is 0.00374. The Kier molecular flexibility index (Phi) is 3.85. The van der Waals surface area contributed by atoms with E-state index in [2.05, 4.69) is 10.6 Å². The lowest BCUT2D eigenvalue weighted by Gasteiger charge is -2.22. The summed E-state index contributed by atoms with van der Waals surface area (Å²) >= 11 is 0. The number of rotatable bonds is 4. The standard InChI is InChI=1S/C12H16F3N3O3/c1-7(19)16-4-10(21)18-5-8-2-11(8,6-18)17-9(20)3-12(13,14)15/h8H,2-6H2,1H3,(H,16,19)(H,17,20)/t8-,11-/m0/s1. The lowest BCUT2D eigenvalue weighted by atomic mass is 10.2. The summed E-state index contributed by atoms with van der Waals surface area (Å²) in [7, 11) is 0. The van der Waals surface area contributed by atoms with Gasteiger partial charge in [0, 0.05) is 25.9 Å². The van der Waals surface area contributed by atoms with E-state index < -0.39 is 24.0 Å². The molecule has 0 radical (unpaired) electrons. The number of carbonyl (C=O) groups excluding carboxylic acids is 3. The monoisotopic (exact) mass is 307 g/mol. The molecule has 9 heteroatoms. The molecule has 0 aromatic heterocycles. The third kappa shape index (κ3) is 3.85. The van der Waals surface area contributed by atoms with Crippen LogP contribution in [0.3, 0.4) is 0 Å². The maximum absolute atomic E-state index is 12.1. The van der Waals surface area contributed by atoms with Crippen molar-refractivity contribution in [2.75, 3.05) is 19.6 Å². The third-order valence-corrected chi connectivity index (χ3v) is 3.74. The van der Waals surface area contributed by atoms with Gasteiger partial charge in [-0.3, -0.25) is 14.4 Å². The van der Waals surface area contributed by atoms with Gasteiger partial charge in [-0.15, -0.1) is 0 Å². The van der Waals surface area contributed by atoms with Crippen LogP contribution in [-0.4, -0.2) is 54.0 Å². The number of piperidine rings is 1. The van der Waals surface area contributed by atoms with Crippen LogP contribution in [0.4, 0.5) is 13.2 Å². The van der Waals surface area contributed by atoms with Crippen molar-refractivity contribution in [2.24, 2.45) is 5.92 Å². The molecule has 0 spiro atoms. The summed E-state index contributed by atoms with van der Waals surface area (Å²) in [5, 5.41) is 4.77. The average molecular weight is 307 g/mol. The summed E-state index contributed by atoms with van der Waals surface area (Å²) < 4.78 is 36.4. The summed E-state index contributed by atoms with van der Waals surface area (Å²) in [5.41, 5.74) is -0.714. The van der Waals surface area contributed by atoms with E-state index >= 15 is 0 Å². The normalized spacial score (nSPS) is 27.0. The number of nitrogens with zero attached hydrogens (tertiary/aromatic N) is 1. The Labute approximate surface area is 119 Å². The quantitative estimate of drug-likeness (QED) is 0.754. The van der Waals surface area contributed by atoms with Gasteiger partial charge in [0.2, 0.25) is 17.7 Å². The van der Waals surface area contributed by atoms with Gasteiger partial charge in [0.05, 0.1) is 12.1 Å². The second-order valence-electron chi connectivity index (χ2n) is 5.58. The molecule has 2 atom stereocenters. The van der Waals surface area contributed by atoms with Crippen molar-refractivity contribution in [1.29, 1.82) is 0 Å². The molecule has 1 aliphatic carbocycles. The second-order valence-corrected chi connectivity index (χ2v) is 5.58. The van der Waals surface area contributed by atoms with Crippen molar-refractivity contribution < 1.29 is 27.6 Å². The Balaban J connectivity index is 1.83. The largest absolute Gasteiger partial charge is 0.397 e. The highest BCUT2D eigenvalue weighted by Crippen LogP contribution is 2.49. The van der Waals surface area contributed by atoms with Gasteiger partial charge in [-0.05, 0) is 6.42 Å². The van der Waals surface area contributed by atoms with Crippen LogP contribution < -0.4 is 10.6 Å². The van der Waals surface area contributed by atoms with Crippen LogP contribution in [0.25, 0.3) is 0 Å². The van der Waals surface area contributed by atoms with Crippen molar-refractivity contribution in [3.63, 3.8) is 0 Å². The molecule has 0 bridgehead atoms. The number of halogens is 3. The van der Waals surface area contributed by atoms with Gasteiger partial charge < -0.3 is 15.5 Å². The van der Waals surface area contributed by atoms with E-state index in [9.17, 15) is 27.6 Å². The molecule has 21 heavy (non-hydrogen) atoms. The topological polar surface area (TPSA) is 78.5 Å². The predicted molar refractivity (Wildman–Crippen MR) is 64.9 cm³/mol. The Morgan fingerprint density at radius 2 is 2.00 bits per heavy atom. The minimum Gasteiger partial charge on any atom is -0.348 e. The van der Waals surface area contributed by atoms with Crippen molar-refractivity contribution in [2.45, 2.75) is 31.5 Å². The van der Waals surface area contributed by atoms with Gasteiger partial charge in [-0.25, -0.2) is 0 Å². The van der Waals surface area contributed by atoms with Crippen molar-refractivity contribution in [3.05, 3.63) is 0 Å². The van der Waals surface area contributed by atoms with Gasteiger partial charge in [-0.1, -0.05) is 0 Å². The number of hydrogen-bond donors (Lipinski definition) is 2. The maximum Gasteiger partial charge on any atom is 0.397 e. The smallest absolute Gasteiger partial charge is 0.348 e. The number of likely N-dealkylation sites (tertiary alicyclic amines) is 1. The van der Waals surface area contributed by atoms with E-state index in [1.807, 2.05) is 0 Å². The zero-order chi connectivity index (χ0) is 15.8. The Bertz CT molecular complexity index is 480. The highest BCUT2D eigenvalue weighted by Gasteiger charge is 2.62. The van der Waals surface area contributed by atoms with Crippen molar-refractivity contribution in [3.8, 4) is 0 Å². The SMILES string of the molecule is CC(=O)NCC(=O)N1C[C@@H]2C[C@]2(NC(=O)CC(F)(F)F)C1. The van der Waals surface area contributed by atoms with E-state index in [-0.39, 0.29) is 30.8 Å². The van der Waals surface area contributed by atoms with Gasteiger partial charge in [0.1, 0.15) is 6.42 Å². The summed E-state index contributed by atoms with van der Waals surface area (Å²) in [6.07, 6.45) is -5.47. The zero-order valence-corrected chi connectivity index (χ0v) is 11.4. The van der Waals surface area contributed by atoms with Crippen LogP contribution in [0.15, 0.2) is 0 Å². The molecular weight excluding hydrogens is 291 g/mol. The molecule has 0 aromatic rings. The number of alkyl halides is 3. The van der Waals surface area contributed by atoms with Crippen LogP contribution in [0.5, 0.6) is 0 Å². The first-order valence-electron chi connectivity index (χ1n) is 6.51. The fraction of sp³-hybridized carbons (Fsp3) is 0.750. The number of carbonyl (C=O) groups is 3. The van der Waals surface area contributed by atoms with Gasteiger partial charge in [-0.2, -0.15) is 13.2 Å². The summed E-state index contributed by atoms with van der Waals surface area (Å²) in [6.45, 7) is 1.73. The van der Waals surface area contributed by atoms with Crippen LogP contribution in [0.1, 0.15) is 19.8 Å². The number of nitrogens with one attached hydrogen (secondary N) is 2. The average Bonchev–Trinajstić information content (AvgIpc) is 2.83. The van der Waals surface area contributed by atoms with Crippen molar-refractivity contribution in [1.82, 2.24) is 15.5 Å². The lowest BCUT2D eigenvalue weighted by molar-refractivity contribution is -0.154. The molecule has 2 aliphatic rings. The molecule has 0 unspecified atom stereocenters. The molecule has 1 saturated heterocycles. The van der Waals surface area contributed by atoms with Crippen LogP contribution in [0.2, 0.25) is 0 Å². The minimum atomic E-state index is -4.54. The van der Waals surface area contributed by atoms with Crippen LogP contribution >= 0.6 is 0 Å². The van der Waals surface area contributed by atoms with Gasteiger partial charge in [0.25, 0.3) is 0 Å². The molecule has 1 heterocycles. The molecule has 1 aliphatic heterocycles. The van der Waals surface area contributed by atoms with Gasteiger partial charge in [0.15, 0.2) is 0 Å². The summed E-state index contributed by atoms with van der Waals surface area (Å²) in [6, 6.07) is 0.